The van der Waals surface area contributed by atoms with Crippen LogP contribution in [0.1, 0.15) is 0 Å². The van der Waals surface area contributed by atoms with Gasteiger partial charge in [-0.15, -0.1) is 0 Å². The normalized spacial score (nSPS) is 11.0. The van der Waals surface area contributed by atoms with Crippen LogP contribution in [0.2, 0.25) is 0 Å². The van der Waals surface area contributed by atoms with Crippen LogP contribution in [0.4, 0.5) is 5.69 Å². The van der Waals surface area contributed by atoms with Crippen molar-refractivity contribution in [1.29, 1.82) is 0 Å². The van der Waals surface area contributed by atoms with Crippen LogP contribution in [0.25, 0.3) is 21.8 Å². The summed E-state index contributed by atoms with van der Waals surface area (Å²) in [5.41, 5.74) is 1.45. The van der Waals surface area contributed by atoms with E-state index >= 15 is 0 Å². The van der Waals surface area contributed by atoms with Crippen molar-refractivity contribution in [2.45, 2.75) is 0 Å². The number of hydrogen-bond acceptors (Lipinski definition) is 3. The van der Waals surface area contributed by atoms with Crippen molar-refractivity contribution in [3.05, 3.63) is 46.8 Å². The van der Waals surface area contributed by atoms with Crippen molar-refractivity contribution < 1.29 is 4.92 Å². The second kappa shape index (κ2) is 3.03. The van der Waals surface area contributed by atoms with Gasteiger partial charge in [0.25, 0.3) is 5.69 Å². The van der Waals surface area contributed by atoms with Crippen LogP contribution in [0.15, 0.2) is 36.7 Å². The quantitative estimate of drug-likeness (QED) is 0.498. The lowest BCUT2D eigenvalue weighted by molar-refractivity contribution is -0.383. The number of aromatic nitrogens is 2. The van der Waals surface area contributed by atoms with E-state index in [9.17, 15) is 10.1 Å². The van der Waals surface area contributed by atoms with Crippen LogP contribution in [-0.4, -0.2) is 14.9 Å². The number of non-ortho nitro benzene ring substituents is 1. The fourth-order valence-electron chi connectivity index (χ4n) is 1.91. The maximum absolute atomic E-state index is 10.9. The van der Waals surface area contributed by atoms with Crippen molar-refractivity contribution >= 4 is 27.5 Å². The molecule has 0 saturated heterocycles. The molecular formula is C11H7N3O2. The van der Waals surface area contributed by atoms with Crippen LogP contribution in [0.3, 0.4) is 0 Å². The number of nitro benzene ring substituents is 1. The first-order valence-electron chi connectivity index (χ1n) is 4.76. The third-order valence-corrected chi connectivity index (χ3v) is 2.61. The van der Waals surface area contributed by atoms with Crippen molar-refractivity contribution in [3.8, 4) is 0 Å². The van der Waals surface area contributed by atoms with Crippen molar-refractivity contribution in [2.75, 3.05) is 0 Å². The highest BCUT2D eigenvalue weighted by atomic mass is 16.6. The molecule has 3 aromatic rings. The number of nitrogens with one attached hydrogen (secondary N) is 1. The lowest BCUT2D eigenvalue weighted by Crippen LogP contribution is -1.88. The summed E-state index contributed by atoms with van der Waals surface area (Å²) in [5, 5.41) is 12.7. The maximum Gasteiger partial charge on any atom is 0.293 e. The molecule has 2 aromatic heterocycles. The highest BCUT2D eigenvalue weighted by molar-refractivity contribution is 6.09. The summed E-state index contributed by atoms with van der Waals surface area (Å²) in [6.45, 7) is 0. The van der Waals surface area contributed by atoms with Crippen LogP contribution in [-0.2, 0) is 0 Å². The summed E-state index contributed by atoms with van der Waals surface area (Å²) in [6.07, 6.45) is 3.34. The third kappa shape index (κ3) is 1.08. The maximum atomic E-state index is 10.9. The van der Waals surface area contributed by atoms with E-state index in [0.29, 0.717) is 5.52 Å². The van der Waals surface area contributed by atoms with E-state index in [4.69, 9.17) is 0 Å². The van der Waals surface area contributed by atoms with Gasteiger partial charge in [-0.05, 0) is 6.07 Å². The summed E-state index contributed by atoms with van der Waals surface area (Å²) in [4.78, 5) is 17.5. The molecule has 0 saturated carbocycles. The smallest absolute Gasteiger partial charge is 0.293 e. The molecule has 5 heteroatoms. The molecule has 2 heterocycles. The monoisotopic (exact) mass is 213 g/mol. The Kier molecular flexibility index (Phi) is 1.67. The molecule has 0 aliphatic heterocycles. The number of para-hydroxylation sites is 1. The topological polar surface area (TPSA) is 71.8 Å². The molecule has 1 aromatic carbocycles. The summed E-state index contributed by atoms with van der Waals surface area (Å²) < 4.78 is 0. The average Bonchev–Trinajstić information content (AvgIpc) is 2.67. The zero-order valence-corrected chi connectivity index (χ0v) is 8.18. The molecule has 0 atom stereocenters. The van der Waals surface area contributed by atoms with Crippen molar-refractivity contribution in [3.63, 3.8) is 0 Å². The van der Waals surface area contributed by atoms with E-state index in [1.807, 2.05) is 12.1 Å². The minimum atomic E-state index is -0.384. The second-order valence-corrected chi connectivity index (χ2v) is 3.50. The van der Waals surface area contributed by atoms with Crippen LogP contribution >= 0.6 is 0 Å². The van der Waals surface area contributed by atoms with Gasteiger partial charge in [-0.3, -0.25) is 15.1 Å². The average molecular weight is 213 g/mol. The number of benzene rings is 1. The van der Waals surface area contributed by atoms with Crippen LogP contribution < -0.4 is 0 Å². The molecule has 0 aliphatic rings. The van der Waals surface area contributed by atoms with Gasteiger partial charge in [0.05, 0.1) is 16.6 Å². The van der Waals surface area contributed by atoms with Gasteiger partial charge in [0.15, 0.2) is 0 Å². The largest absolute Gasteiger partial charge is 0.348 e. The Labute approximate surface area is 89.9 Å². The van der Waals surface area contributed by atoms with Crippen molar-refractivity contribution in [2.24, 2.45) is 0 Å². The van der Waals surface area contributed by atoms with Gasteiger partial charge in [-0.25, -0.2) is 0 Å². The van der Waals surface area contributed by atoms with Crippen LogP contribution in [0.5, 0.6) is 0 Å². The molecule has 0 fully saturated rings. The predicted molar refractivity (Wildman–Crippen MR) is 60.3 cm³/mol. The third-order valence-electron chi connectivity index (χ3n) is 2.61. The van der Waals surface area contributed by atoms with Gasteiger partial charge < -0.3 is 4.98 Å². The zero-order chi connectivity index (χ0) is 11.1. The summed E-state index contributed by atoms with van der Waals surface area (Å²) >= 11 is 0. The number of pyridine rings is 1. The molecule has 1 N–H and O–H groups in total. The van der Waals surface area contributed by atoms with E-state index < -0.39 is 0 Å². The zero-order valence-electron chi connectivity index (χ0n) is 8.18. The molecule has 78 valence electrons. The highest BCUT2D eigenvalue weighted by Gasteiger charge is 2.14. The Morgan fingerprint density at radius 3 is 2.94 bits per heavy atom. The Bertz CT molecular complexity index is 703. The Hall–Kier alpha value is -2.43. The van der Waals surface area contributed by atoms with E-state index in [2.05, 4.69) is 9.97 Å². The molecule has 0 unspecified atom stereocenters. The fourth-order valence-corrected chi connectivity index (χ4v) is 1.91. The highest BCUT2D eigenvalue weighted by Crippen LogP contribution is 2.30. The summed E-state index contributed by atoms with van der Waals surface area (Å²) in [6, 6.07) is 6.89. The van der Waals surface area contributed by atoms with Gasteiger partial charge in [0, 0.05) is 23.0 Å². The van der Waals surface area contributed by atoms with E-state index in [0.717, 1.165) is 16.3 Å². The number of nitro groups is 1. The standard InChI is InChI=1S/C11H7N3O2/c15-14(16)10-3-1-2-8-7-4-5-12-6-9(7)13-11(8)10/h1-6,13H. The molecule has 0 bridgehead atoms. The van der Waals surface area contributed by atoms with E-state index in [1.54, 1.807) is 18.5 Å². The molecule has 0 spiro atoms. The fraction of sp³-hybridized carbons (Fsp3) is 0. The first-order valence-corrected chi connectivity index (χ1v) is 4.76. The van der Waals surface area contributed by atoms with Crippen LogP contribution in [0, 0.1) is 10.1 Å². The SMILES string of the molecule is O=[N+]([O-])c1cccc2c1[nH]c1cnccc12. The number of aromatic amines is 1. The first-order chi connectivity index (χ1) is 7.77. The summed E-state index contributed by atoms with van der Waals surface area (Å²) in [5.74, 6) is 0. The number of rotatable bonds is 1. The molecule has 3 rings (SSSR count). The molecule has 5 nitrogen and oxygen atoms in total. The molecule has 0 amide bonds. The Morgan fingerprint density at radius 1 is 1.25 bits per heavy atom. The van der Waals surface area contributed by atoms with Gasteiger partial charge >= 0.3 is 0 Å². The Morgan fingerprint density at radius 2 is 2.12 bits per heavy atom. The first kappa shape index (κ1) is 8.84. The minimum absolute atomic E-state index is 0.0914. The second-order valence-electron chi connectivity index (χ2n) is 3.50. The summed E-state index contributed by atoms with van der Waals surface area (Å²) in [7, 11) is 0. The molecule has 0 radical (unpaired) electrons. The van der Waals surface area contributed by atoms with E-state index in [1.165, 1.54) is 6.07 Å². The van der Waals surface area contributed by atoms with Gasteiger partial charge in [-0.1, -0.05) is 12.1 Å². The minimum Gasteiger partial charge on any atom is -0.348 e. The van der Waals surface area contributed by atoms with Gasteiger partial charge in [0.2, 0.25) is 0 Å². The lowest BCUT2D eigenvalue weighted by Gasteiger charge is -1.92. The molecular weight excluding hydrogens is 206 g/mol. The lowest BCUT2D eigenvalue weighted by atomic mass is 10.2. The van der Waals surface area contributed by atoms with Gasteiger partial charge in [-0.2, -0.15) is 0 Å². The number of H-pyrrole nitrogens is 1. The predicted octanol–water partition coefficient (Wildman–Crippen LogP) is 2.62. The number of hydrogen-bond donors (Lipinski definition) is 1. The number of fused-ring (bicyclic) bond motifs is 3. The molecule has 0 aliphatic carbocycles. The number of nitrogens with zero attached hydrogens (tertiary/aromatic N) is 2. The van der Waals surface area contributed by atoms with Crippen molar-refractivity contribution in [1.82, 2.24) is 9.97 Å². The van der Waals surface area contributed by atoms with Gasteiger partial charge in [0.1, 0.15) is 5.52 Å². The Balaban J connectivity index is 2.54. The van der Waals surface area contributed by atoms with E-state index in [-0.39, 0.29) is 10.6 Å². The molecule has 16 heavy (non-hydrogen) atoms.